The number of amides is 1. The van der Waals surface area contributed by atoms with Crippen LogP contribution in [-0.2, 0) is 4.79 Å². The quantitative estimate of drug-likeness (QED) is 0.627. The number of hydrogen-bond donors (Lipinski definition) is 1. The van der Waals surface area contributed by atoms with Gasteiger partial charge in [0, 0.05) is 16.5 Å². The molecule has 0 aliphatic carbocycles. The topological polar surface area (TPSA) is 47.6 Å². The van der Waals surface area contributed by atoms with Crippen molar-refractivity contribution < 1.29 is 14.3 Å². The first-order valence-electron chi connectivity index (χ1n) is 9.36. The van der Waals surface area contributed by atoms with E-state index in [9.17, 15) is 4.79 Å². The monoisotopic (exact) mass is 479 g/mol. The Kier molecular flexibility index (Phi) is 6.75. The van der Waals surface area contributed by atoms with Gasteiger partial charge in [-0.1, -0.05) is 28.1 Å². The van der Waals surface area contributed by atoms with Crippen LogP contribution in [0, 0.1) is 0 Å². The Bertz CT molecular complexity index is 825. The van der Waals surface area contributed by atoms with E-state index in [0.29, 0.717) is 11.2 Å². The maximum atomic E-state index is 12.4. The molecule has 1 atom stereocenters. The molecule has 2 aromatic rings. The standard InChI is InChI=1S/C21H22BrNO3S2/c22-15-4-7-19-17(12-15)18(8-9-25-19)23-20(24)13-26-16-5-2-14(3-6-16)21-27-10-1-11-28-21/h2-7,12,18,21H,1,8-11,13H2,(H,23,24). The zero-order valence-electron chi connectivity index (χ0n) is 15.4. The molecule has 1 saturated heterocycles. The van der Waals surface area contributed by atoms with Crippen molar-refractivity contribution in [2.75, 3.05) is 24.7 Å². The molecule has 0 saturated carbocycles. The van der Waals surface area contributed by atoms with Crippen molar-refractivity contribution in [2.24, 2.45) is 0 Å². The largest absolute Gasteiger partial charge is 0.493 e. The number of rotatable bonds is 5. The van der Waals surface area contributed by atoms with Crippen molar-refractivity contribution in [1.29, 1.82) is 0 Å². The van der Waals surface area contributed by atoms with Gasteiger partial charge in [-0.05, 0) is 53.8 Å². The van der Waals surface area contributed by atoms with Crippen LogP contribution in [0.3, 0.4) is 0 Å². The van der Waals surface area contributed by atoms with Crippen molar-refractivity contribution in [2.45, 2.75) is 23.5 Å². The first-order valence-corrected chi connectivity index (χ1v) is 12.3. The highest BCUT2D eigenvalue weighted by atomic mass is 79.9. The number of nitrogens with one attached hydrogen (secondary N) is 1. The van der Waals surface area contributed by atoms with E-state index in [0.717, 1.165) is 28.0 Å². The van der Waals surface area contributed by atoms with Crippen molar-refractivity contribution in [1.82, 2.24) is 5.32 Å². The average molecular weight is 480 g/mol. The van der Waals surface area contributed by atoms with Crippen LogP contribution in [0.1, 0.15) is 34.6 Å². The molecule has 0 aromatic heterocycles. The summed E-state index contributed by atoms with van der Waals surface area (Å²) in [7, 11) is 0. The van der Waals surface area contributed by atoms with E-state index in [-0.39, 0.29) is 18.6 Å². The second-order valence-corrected chi connectivity index (χ2v) is 10.4. The lowest BCUT2D eigenvalue weighted by molar-refractivity contribution is -0.124. The number of hydrogen-bond acceptors (Lipinski definition) is 5. The lowest BCUT2D eigenvalue weighted by atomic mass is 10.0. The number of ether oxygens (including phenoxy) is 2. The highest BCUT2D eigenvalue weighted by Gasteiger charge is 2.23. The van der Waals surface area contributed by atoms with Crippen molar-refractivity contribution in [3.05, 3.63) is 58.1 Å². The van der Waals surface area contributed by atoms with Gasteiger partial charge in [-0.25, -0.2) is 0 Å². The molecule has 1 N–H and O–H groups in total. The van der Waals surface area contributed by atoms with Gasteiger partial charge in [-0.3, -0.25) is 4.79 Å². The van der Waals surface area contributed by atoms with Crippen LogP contribution in [0.4, 0.5) is 0 Å². The minimum absolute atomic E-state index is 0.00691. The van der Waals surface area contributed by atoms with Crippen LogP contribution in [-0.4, -0.2) is 30.6 Å². The van der Waals surface area contributed by atoms with Crippen LogP contribution in [0.5, 0.6) is 11.5 Å². The van der Waals surface area contributed by atoms with Crippen LogP contribution in [0.15, 0.2) is 46.9 Å². The van der Waals surface area contributed by atoms with E-state index >= 15 is 0 Å². The van der Waals surface area contributed by atoms with E-state index in [1.54, 1.807) is 0 Å². The fraction of sp³-hybridized carbons (Fsp3) is 0.381. The first-order chi connectivity index (χ1) is 13.7. The Hall–Kier alpha value is -1.31. The molecule has 1 fully saturated rings. The summed E-state index contributed by atoms with van der Waals surface area (Å²) in [5.74, 6) is 3.87. The van der Waals surface area contributed by atoms with Gasteiger partial charge in [0.2, 0.25) is 0 Å². The molecule has 1 unspecified atom stereocenters. The zero-order chi connectivity index (χ0) is 19.3. The van der Waals surface area contributed by atoms with Gasteiger partial charge in [-0.2, -0.15) is 0 Å². The molecule has 0 bridgehead atoms. The van der Waals surface area contributed by atoms with Crippen molar-refractivity contribution in [3.63, 3.8) is 0 Å². The third-order valence-corrected chi connectivity index (χ3v) is 8.20. The average Bonchev–Trinajstić information content (AvgIpc) is 2.74. The molecule has 2 aliphatic rings. The number of fused-ring (bicyclic) bond motifs is 1. The summed E-state index contributed by atoms with van der Waals surface area (Å²) < 4.78 is 12.9. The molecule has 7 heteroatoms. The number of carbonyl (C=O) groups excluding carboxylic acids is 1. The fourth-order valence-electron chi connectivity index (χ4n) is 3.30. The second-order valence-electron chi connectivity index (χ2n) is 6.72. The lowest BCUT2D eigenvalue weighted by Crippen LogP contribution is -2.35. The van der Waals surface area contributed by atoms with E-state index < -0.39 is 0 Å². The summed E-state index contributed by atoms with van der Waals surface area (Å²) in [6, 6.07) is 13.9. The third-order valence-electron chi connectivity index (χ3n) is 4.70. The summed E-state index contributed by atoms with van der Waals surface area (Å²) in [5, 5.41) is 3.06. The summed E-state index contributed by atoms with van der Waals surface area (Å²) in [6.45, 7) is 0.603. The smallest absolute Gasteiger partial charge is 0.258 e. The Labute approximate surface area is 182 Å². The molecule has 28 heavy (non-hydrogen) atoms. The number of carbonyl (C=O) groups is 1. The molecule has 0 radical (unpaired) electrons. The van der Waals surface area contributed by atoms with E-state index in [4.69, 9.17) is 9.47 Å². The van der Waals surface area contributed by atoms with Gasteiger partial charge in [0.05, 0.1) is 17.2 Å². The SMILES string of the molecule is O=C(COc1ccc(C2SCCCS2)cc1)NC1CCOc2ccc(Br)cc21. The maximum absolute atomic E-state index is 12.4. The highest BCUT2D eigenvalue weighted by molar-refractivity contribution is 9.10. The van der Waals surface area contributed by atoms with E-state index in [2.05, 4.69) is 33.4 Å². The lowest BCUT2D eigenvalue weighted by Gasteiger charge is -2.27. The second kappa shape index (κ2) is 9.46. The number of thioether (sulfide) groups is 2. The predicted molar refractivity (Wildman–Crippen MR) is 119 cm³/mol. The van der Waals surface area contributed by atoms with Gasteiger partial charge in [-0.15, -0.1) is 23.5 Å². The number of halogens is 1. The summed E-state index contributed by atoms with van der Waals surface area (Å²) in [6.07, 6.45) is 2.04. The van der Waals surface area contributed by atoms with Crippen LogP contribution >= 0.6 is 39.5 Å². The predicted octanol–water partition coefficient (Wildman–Crippen LogP) is 5.34. The van der Waals surface area contributed by atoms with Gasteiger partial charge in [0.1, 0.15) is 11.5 Å². The Balaban J connectivity index is 1.31. The van der Waals surface area contributed by atoms with Gasteiger partial charge in [0.25, 0.3) is 5.91 Å². The molecule has 1 amide bonds. The number of benzene rings is 2. The molecule has 2 aromatic carbocycles. The normalized spacial score (nSPS) is 19.4. The van der Waals surface area contributed by atoms with Crippen LogP contribution < -0.4 is 14.8 Å². The highest BCUT2D eigenvalue weighted by Crippen LogP contribution is 2.43. The summed E-state index contributed by atoms with van der Waals surface area (Å²) in [5.41, 5.74) is 2.32. The summed E-state index contributed by atoms with van der Waals surface area (Å²) >= 11 is 7.48. The van der Waals surface area contributed by atoms with Crippen LogP contribution in [0.25, 0.3) is 0 Å². The van der Waals surface area contributed by atoms with Gasteiger partial charge < -0.3 is 14.8 Å². The van der Waals surface area contributed by atoms with Crippen molar-refractivity contribution in [3.8, 4) is 11.5 Å². The Morgan fingerprint density at radius 1 is 1.18 bits per heavy atom. The third kappa shape index (κ3) is 4.99. The molecule has 2 aliphatic heterocycles. The fourth-order valence-corrected chi connectivity index (χ4v) is 6.57. The molecule has 148 valence electrons. The first kappa shape index (κ1) is 20.0. The summed E-state index contributed by atoms with van der Waals surface area (Å²) in [4.78, 5) is 12.4. The zero-order valence-corrected chi connectivity index (χ0v) is 18.6. The van der Waals surface area contributed by atoms with Gasteiger partial charge in [0.15, 0.2) is 6.61 Å². The minimum atomic E-state index is -0.125. The molecule has 4 rings (SSSR count). The molecular formula is C21H22BrNO3S2. The van der Waals surface area contributed by atoms with E-state index in [1.807, 2.05) is 53.9 Å². The molecule has 0 spiro atoms. The van der Waals surface area contributed by atoms with Crippen molar-refractivity contribution >= 4 is 45.4 Å². The van der Waals surface area contributed by atoms with E-state index in [1.165, 1.54) is 23.5 Å². The van der Waals surface area contributed by atoms with Gasteiger partial charge >= 0.3 is 0 Å². The maximum Gasteiger partial charge on any atom is 0.258 e. The molecule has 2 heterocycles. The Morgan fingerprint density at radius 3 is 2.75 bits per heavy atom. The molecule has 4 nitrogen and oxygen atoms in total. The molecular weight excluding hydrogens is 458 g/mol. The Morgan fingerprint density at radius 2 is 1.96 bits per heavy atom. The van der Waals surface area contributed by atoms with Crippen LogP contribution in [0.2, 0.25) is 0 Å². The minimum Gasteiger partial charge on any atom is -0.493 e.